The van der Waals surface area contributed by atoms with E-state index in [1.54, 1.807) is 5.57 Å². The molecule has 2 aromatic carbocycles. The lowest BCUT2D eigenvalue weighted by atomic mass is 9.53. The van der Waals surface area contributed by atoms with Gasteiger partial charge in [0.2, 0.25) is 0 Å². The number of quaternary nitrogens is 2. The van der Waals surface area contributed by atoms with Crippen molar-refractivity contribution in [2.45, 2.75) is 122 Å². The third kappa shape index (κ3) is 13.0. The summed E-state index contributed by atoms with van der Waals surface area (Å²) in [5.74, 6) is 5.34. The molecule has 4 saturated carbocycles. The number of hydrogen-bond acceptors (Lipinski definition) is 4. The number of ether oxygens (including phenoxy) is 2. The zero-order chi connectivity index (χ0) is 37.8. The monoisotopic (exact) mass is 1010 g/mol. The highest BCUT2D eigenvalue weighted by Crippen LogP contribution is 2.58. The predicted octanol–water partition coefficient (Wildman–Crippen LogP) is 3.82. The number of hydrogen-bond donors (Lipinski definition) is 2. The molecular weight excluding hydrogens is 934 g/mol. The Kier molecular flexibility index (Phi) is 19.8. The molecule has 8 heteroatoms. The quantitative estimate of drug-likeness (QED) is 0.107. The van der Waals surface area contributed by atoms with Crippen LogP contribution in [0.4, 0.5) is 0 Å². The first-order valence-electron chi connectivity index (χ1n) is 23.2. The molecule has 0 atom stereocenters. The average Bonchev–Trinajstić information content (AvgIpc) is 3.20. The Labute approximate surface area is 380 Å². The minimum absolute atomic E-state index is 0. The molecule has 6 nitrogen and oxygen atoms in total. The number of allylic oxidation sites excluding steroid dienone is 1. The van der Waals surface area contributed by atoms with Gasteiger partial charge in [-0.1, -0.05) is 29.8 Å². The average molecular weight is 1010 g/mol. The van der Waals surface area contributed by atoms with Crippen molar-refractivity contribution in [3.63, 3.8) is 0 Å². The Hall–Kier alpha value is -0.920. The normalized spacial score (nSPS) is 24.4. The summed E-state index contributed by atoms with van der Waals surface area (Å²) in [6.07, 6.45) is 24.7. The van der Waals surface area contributed by atoms with Gasteiger partial charge in [0.05, 0.1) is 65.7 Å². The van der Waals surface area contributed by atoms with E-state index < -0.39 is 0 Å². The summed E-state index contributed by atoms with van der Waals surface area (Å²) in [5.41, 5.74) is 5.91. The van der Waals surface area contributed by atoms with Crippen LogP contribution < -0.4 is 57.4 Å². The fraction of sp³-hybridized carbons (Fsp3) is 0.714. The number of piperidine rings is 2. The van der Waals surface area contributed by atoms with Crippen LogP contribution in [0.2, 0.25) is 0 Å². The van der Waals surface area contributed by atoms with Crippen LogP contribution in [0.5, 0.6) is 11.5 Å². The van der Waals surface area contributed by atoms with Crippen LogP contribution >= 0.6 is 0 Å². The van der Waals surface area contributed by atoms with Crippen LogP contribution in [0.25, 0.3) is 5.57 Å². The zero-order valence-corrected chi connectivity index (χ0v) is 39.5. The van der Waals surface area contributed by atoms with Gasteiger partial charge in [-0.3, -0.25) is 0 Å². The molecule has 0 aromatic heterocycles. The van der Waals surface area contributed by atoms with Gasteiger partial charge in [0, 0.05) is 0 Å². The molecule has 57 heavy (non-hydrogen) atoms. The van der Waals surface area contributed by atoms with E-state index >= 15 is 0 Å². The van der Waals surface area contributed by atoms with Gasteiger partial charge in [-0.25, -0.2) is 0 Å². The molecular formula is C49H76I2N2O4. The molecule has 2 N–H and O–H groups in total. The molecule has 8 rings (SSSR count). The molecule has 4 bridgehead atoms. The summed E-state index contributed by atoms with van der Waals surface area (Å²) in [4.78, 5) is 0. The van der Waals surface area contributed by atoms with E-state index in [0.717, 1.165) is 83.3 Å². The van der Waals surface area contributed by atoms with E-state index in [1.165, 1.54) is 165 Å². The first-order chi connectivity index (χ1) is 27.1. The van der Waals surface area contributed by atoms with E-state index in [2.05, 4.69) is 48.5 Å². The van der Waals surface area contributed by atoms with Crippen molar-refractivity contribution in [1.82, 2.24) is 0 Å². The molecule has 6 fully saturated rings. The molecule has 0 amide bonds. The van der Waals surface area contributed by atoms with Gasteiger partial charge in [0.15, 0.2) is 0 Å². The minimum atomic E-state index is 0. The Morgan fingerprint density at radius 3 is 1.25 bits per heavy atom. The van der Waals surface area contributed by atoms with E-state index in [4.69, 9.17) is 9.47 Å². The molecule has 4 aliphatic carbocycles. The minimum Gasteiger partial charge on any atom is -1.00 e. The van der Waals surface area contributed by atoms with Crippen LogP contribution in [0.1, 0.15) is 133 Å². The van der Waals surface area contributed by atoms with Gasteiger partial charge < -0.3 is 76.6 Å². The van der Waals surface area contributed by atoms with Gasteiger partial charge >= 0.3 is 0 Å². The zero-order valence-electron chi connectivity index (χ0n) is 35.2. The Bertz CT molecular complexity index is 1340. The van der Waals surface area contributed by atoms with Crippen molar-refractivity contribution in [1.29, 1.82) is 0 Å². The standard InChI is InChI=1S/C49H76N2O4.2HI/c52-31-29-50(25-9-5-10-26-50)23-7-1-3-13-33-54-46-19-15-42(16-20-46)48(49-44-36-40-35-41(38-44)39-45(49)37-40)43-17-21-47(22-18-43)55-34-14-4-2-8-24-51(30-32-53)27-11-6-12-28-51;;/h15-22,40-41,44-45,52-53H,1-14,23-39H2;2*1H/q+2;;/p-2. The second-order valence-electron chi connectivity index (χ2n) is 18.7. The maximum Gasteiger partial charge on any atom is 0.119 e. The molecule has 0 radical (unpaired) electrons. The molecule has 2 aromatic rings. The van der Waals surface area contributed by atoms with Crippen LogP contribution in [0, 0.1) is 23.7 Å². The number of benzene rings is 2. The molecule has 320 valence electrons. The maximum absolute atomic E-state index is 9.64. The molecule has 2 saturated heterocycles. The van der Waals surface area contributed by atoms with E-state index in [1.807, 2.05) is 0 Å². The van der Waals surface area contributed by atoms with Crippen molar-refractivity contribution >= 4 is 5.57 Å². The van der Waals surface area contributed by atoms with Crippen molar-refractivity contribution in [3.05, 3.63) is 65.2 Å². The lowest BCUT2D eigenvalue weighted by molar-refractivity contribution is -0.932. The summed E-state index contributed by atoms with van der Waals surface area (Å²) in [7, 11) is 0. The number of likely N-dealkylation sites (tertiary alicyclic amines) is 2. The fourth-order valence-electron chi connectivity index (χ4n) is 12.1. The van der Waals surface area contributed by atoms with Crippen molar-refractivity contribution in [2.75, 3.05) is 78.8 Å². The second-order valence-corrected chi connectivity index (χ2v) is 18.7. The second kappa shape index (κ2) is 23.9. The number of nitrogens with zero attached hydrogens (tertiary/aromatic N) is 2. The molecule has 2 heterocycles. The van der Waals surface area contributed by atoms with E-state index in [9.17, 15) is 10.2 Å². The summed E-state index contributed by atoms with van der Waals surface area (Å²) < 4.78 is 14.9. The van der Waals surface area contributed by atoms with Crippen LogP contribution in [0.3, 0.4) is 0 Å². The summed E-state index contributed by atoms with van der Waals surface area (Å²) in [6, 6.07) is 18.2. The van der Waals surface area contributed by atoms with Gasteiger partial charge in [0.1, 0.15) is 24.6 Å². The Morgan fingerprint density at radius 2 is 0.860 bits per heavy atom. The third-order valence-electron chi connectivity index (χ3n) is 14.9. The molecule has 2 aliphatic heterocycles. The molecule has 6 aliphatic rings. The Morgan fingerprint density at radius 1 is 0.474 bits per heavy atom. The highest BCUT2D eigenvalue weighted by molar-refractivity contribution is 5.83. The summed E-state index contributed by atoms with van der Waals surface area (Å²) in [6.45, 7) is 11.6. The topological polar surface area (TPSA) is 58.9 Å². The summed E-state index contributed by atoms with van der Waals surface area (Å²) in [5, 5.41) is 19.3. The van der Waals surface area contributed by atoms with E-state index in [0.29, 0.717) is 13.2 Å². The lowest BCUT2D eigenvalue weighted by Crippen LogP contribution is -3.00. The first-order valence-corrected chi connectivity index (χ1v) is 23.2. The predicted molar refractivity (Wildman–Crippen MR) is 225 cm³/mol. The maximum atomic E-state index is 9.64. The number of aliphatic hydroxyl groups excluding tert-OH is 2. The largest absolute Gasteiger partial charge is 1.00 e. The van der Waals surface area contributed by atoms with Gasteiger partial charge in [-0.05, 0) is 187 Å². The number of aliphatic hydroxyl groups is 2. The van der Waals surface area contributed by atoms with Crippen LogP contribution in [-0.2, 0) is 0 Å². The van der Waals surface area contributed by atoms with Gasteiger partial charge in [-0.15, -0.1) is 0 Å². The Balaban J connectivity index is 0.00000310. The molecule has 0 unspecified atom stereocenters. The first kappa shape index (κ1) is 47.1. The smallest absolute Gasteiger partial charge is 0.119 e. The third-order valence-corrected chi connectivity index (χ3v) is 14.9. The van der Waals surface area contributed by atoms with Crippen molar-refractivity contribution in [2.24, 2.45) is 23.7 Å². The van der Waals surface area contributed by atoms with E-state index in [-0.39, 0.29) is 48.0 Å². The highest BCUT2D eigenvalue weighted by Gasteiger charge is 2.46. The van der Waals surface area contributed by atoms with Crippen LogP contribution in [0.15, 0.2) is 54.1 Å². The fourth-order valence-corrected chi connectivity index (χ4v) is 12.1. The molecule has 0 spiro atoms. The number of unbranched alkanes of at least 4 members (excludes halogenated alkanes) is 6. The lowest BCUT2D eigenvalue weighted by Gasteiger charge is -2.52. The van der Waals surface area contributed by atoms with Gasteiger partial charge in [0.25, 0.3) is 0 Å². The highest BCUT2D eigenvalue weighted by atomic mass is 127. The van der Waals surface area contributed by atoms with Crippen molar-refractivity contribution < 1.29 is 76.6 Å². The van der Waals surface area contributed by atoms with Gasteiger partial charge in [-0.2, -0.15) is 0 Å². The number of rotatable bonds is 22. The number of halogens is 2. The van der Waals surface area contributed by atoms with Crippen molar-refractivity contribution in [3.8, 4) is 11.5 Å². The van der Waals surface area contributed by atoms with Crippen LogP contribution in [-0.4, -0.2) is 98.0 Å². The summed E-state index contributed by atoms with van der Waals surface area (Å²) >= 11 is 0. The SMILES string of the molecule is OCC[N+]1(CCCCCCOc2ccc(C(=C3C4CC5CC(C4)CC3C5)c3ccc(OCCCCCC[N+]4(CCO)CCCCC4)cc3)cc2)CCCCC1.[I-].[I-].